The van der Waals surface area contributed by atoms with Gasteiger partial charge in [0.15, 0.2) is 5.12 Å². The Kier molecular flexibility index (Phi) is 5.35. The summed E-state index contributed by atoms with van der Waals surface area (Å²) in [5.41, 5.74) is 0.939. The van der Waals surface area contributed by atoms with Crippen LogP contribution in [0.4, 0.5) is 0 Å². The Morgan fingerprint density at radius 2 is 2.20 bits per heavy atom. The Labute approximate surface area is 132 Å². The van der Waals surface area contributed by atoms with Crippen LogP contribution in [0.1, 0.15) is 18.9 Å². The zero-order valence-electron chi connectivity index (χ0n) is 11.1. The number of benzene rings is 1. The first-order valence-corrected chi connectivity index (χ1v) is 7.98. The van der Waals surface area contributed by atoms with Crippen molar-refractivity contribution in [3.8, 4) is 0 Å². The van der Waals surface area contributed by atoms with E-state index >= 15 is 0 Å². The van der Waals surface area contributed by atoms with E-state index in [1.165, 1.54) is 18.7 Å². The molecule has 1 atom stereocenters. The van der Waals surface area contributed by atoms with Gasteiger partial charge in [-0.3, -0.25) is 9.59 Å². The van der Waals surface area contributed by atoms with Crippen LogP contribution in [0, 0.1) is 0 Å². The summed E-state index contributed by atoms with van der Waals surface area (Å²) in [7, 11) is 0. The maximum atomic E-state index is 11.9. The van der Waals surface area contributed by atoms with E-state index in [4.69, 9.17) is 23.2 Å². The van der Waals surface area contributed by atoms with Crippen LogP contribution in [0.15, 0.2) is 18.2 Å². The summed E-state index contributed by atoms with van der Waals surface area (Å²) in [6.45, 7) is 2.76. The highest BCUT2D eigenvalue weighted by Gasteiger charge is 2.30. The van der Waals surface area contributed by atoms with Gasteiger partial charge in [-0.15, -0.1) is 0 Å². The molecule has 6 heteroatoms. The highest BCUT2D eigenvalue weighted by Crippen LogP contribution is 2.26. The molecule has 0 aliphatic carbocycles. The lowest BCUT2D eigenvalue weighted by Crippen LogP contribution is -2.28. The summed E-state index contributed by atoms with van der Waals surface area (Å²) in [4.78, 5) is 24.7. The van der Waals surface area contributed by atoms with Crippen LogP contribution in [0.25, 0.3) is 0 Å². The maximum absolute atomic E-state index is 11.9. The largest absolute Gasteiger partial charge is 0.341 e. The molecule has 1 heterocycles. The van der Waals surface area contributed by atoms with Crippen LogP contribution in [0.5, 0.6) is 0 Å². The van der Waals surface area contributed by atoms with Gasteiger partial charge < -0.3 is 4.90 Å². The molecule has 3 nitrogen and oxygen atoms in total. The number of hydrogen-bond acceptors (Lipinski definition) is 3. The number of hydrogen-bond donors (Lipinski definition) is 0. The summed E-state index contributed by atoms with van der Waals surface area (Å²) >= 11 is 13.3. The van der Waals surface area contributed by atoms with Crippen molar-refractivity contribution in [2.45, 2.75) is 25.0 Å². The minimum absolute atomic E-state index is 0.0579. The molecule has 0 spiro atoms. The first kappa shape index (κ1) is 15.7. The van der Waals surface area contributed by atoms with E-state index in [1.54, 1.807) is 17.0 Å². The molecule has 1 unspecified atom stereocenters. The van der Waals surface area contributed by atoms with Gasteiger partial charge in [0.1, 0.15) is 0 Å². The molecule has 0 aromatic heterocycles. The lowest BCUT2D eigenvalue weighted by Gasteiger charge is -2.16. The number of carbonyl (C=O) groups excluding carboxylic acids is 2. The standard InChI is InChI=1S/C14H15Cl2NO2S/c1-9(18)20-12-7-14(19)17(8-12)5-4-10-6-11(15)2-3-13(10)16/h2-3,6,12H,4-5,7-8H2,1H3. The molecule has 1 fully saturated rings. The number of likely N-dealkylation sites (tertiary alicyclic amines) is 1. The van der Waals surface area contributed by atoms with Crippen molar-refractivity contribution >= 4 is 46.0 Å². The average molecular weight is 332 g/mol. The molecule has 1 amide bonds. The fourth-order valence-electron chi connectivity index (χ4n) is 2.26. The average Bonchev–Trinajstić information content (AvgIpc) is 2.70. The van der Waals surface area contributed by atoms with E-state index in [1.807, 2.05) is 6.07 Å². The van der Waals surface area contributed by atoms with Gasteiger partial charge in [-0.05, 0) is 30.2 Å². The summed E-state index contributed by atoms with van der Waals surface area (Å²) in [6.07, 6.45) is 1.11. The molecule has 1 saturated heterocycles. The summed E-state index contributed by atoms with van der Waals surface area (Å²) in [5.74, 6) is 0.0990. The van der Waals surface area contributed by atoms with Gasteiger partial charge in [0.2, 0.25) is 5.91 Å². The normalized spacial score (nSPS) is 18.6. The molecular weight excluding hydrogens is 317 g/mol. The SMILES string of the molecule is CC(=O)SC1CC(=O)N(CCc2cc(Cl)ccc2Cl)C1. The predicted molar refractivity (Wildman–Crippen MR) is 83.4 cm³/mol. The molecule has 0 radical (unpaired) electrons. The molecule has 0 bridgehead atoms. The zero-order chi connectivity index (χ0) is 14.7. The Balaban J connectivity index is 1.92. The second-order valence-electron chi connectivity index (χ2n) is 4.76. The number of rotatable bonds is 4. The second-order valence-corrected chi connectivity index (χ2v) is 7.08. The van der Waals surface area contributed by atoms with E-state index in [9.17, 15) is 9.59 Å². The predicted octanol–water partition coefficient (Wildman–Crippen LogP) is 3.42. The van der Waals surface area contributed by atoms with Crippen LogP contribution in [-0.2, 0) is 16.0 Å². The monoisotopic (exact) mass is 331 g/mol. The summed E-state index contributed by atoms with van der Waals surface area (Å²) in [6, 6.07) is 5.33. The van der Waals surface area contributed by atoms with E-state index in [0.717, 1.165) is 5.56 Å². The third kappa shape index (κ3) is 4.14. The van der Waals surface area contributed by atoms with E-state index in [-0.39, 0.29) is 16.3 Å². The van der Waals surface area contributed by atoms with E-state index < -0.39 is 0 Å². The summed E-state index contributed by atoms with van der Waals surface area (Å²) in [5, 5.41) is 1.44. The maximum Gasteiger partial charge on any atom is 0.223 e. The van der Waals surface area contributed by atoms with Crippen molar-refractivity contribution in [2.75, 3.05) is 13.1 Å². The zero-order valence-corrected chi connectivity index (χ0v) is 13.4. The molecule has 1 aromatic carbocycles. The quantitative estimate of drug-likeness (QED) is 0.848. The Morgan fingerprint density at radius 1 is 1.45 bits per heavy atom. The van der Waals surface area contributed by atoms with Gasteiger partial charge in [-0.25, -0.2) is 0 Å². The minimum Gasteiger partial charge on any atom is -0.341 e. The molecule has 108 valence electrons. The van der Waals surface area contributed by atoms with Gasteiger partial charge in [0.05, 0.1) is 0 Å². The molecule has 20 heavy (non-hydrogen) atoms. The molecular formula is C14H15Cl2NO2S. The molecule has 1 aliphatic rings. The topological polar surface area (TPSA) is 37.4 Å². The Bertz CT molecular complexity index is 536. The van der Waals surface area contributed by atoms with Crippen LogP contribution >= 0.6 is 35.0 Å². The number of halogens is 2. The first-order chi connectivity index (χ1) is 9.45. The Morgan fingerprint density at radius 3 is 2.90 bits per heavy atom. The van der Waals surface area contributed by atoms with Gasteiger partial charge >= 0.3 is 0 Å². The first-order valence-electron chi connectivity index (χ1n) is 6.34. The molecule has 1 aliphatic heterocycles. The highest BCUT2D eigenvalue weighted by molar-refractivity contribution is 8.14. The minimum atomic E-state index is 0.0579. The second kappa shape index (κ2) is 6.83. The van der Waals surface area contributed by atoms with E-state index in [2.05, 4.69) is 0 Å². The van der Waals surface area contributed by atoms with Crippen LogP contribution in [0.2, 0.25) is 10.0 Å². The van der Waals surface area contributed by atoms with Crippen LogP contribution in [0.3, 0.4) is 0 Å². The van der Waals surface area contributed by atoms with Crippen molar-refractivity contribution in [1.29, 1.82) is 0 Å². The highest BCUT2D eigenvalue weighted by atomic mass is 35.5. The van der Waals surface area contributed by atoms with Gasteiger partial charge in [0.25, 0.3) is 0 Å². The number of carbonyl (C=O) groups is 2. The van der Waals surface area contributed by atoms with Crippen molar-refractivity contribution in [3.63, 3.8) is 0 Å². The van der Waals surface area contributed by atoms with Crippen molar-refractivity contribution in [1.82, 2.24) is 4.90 Å². The fraction of sp³-hybridized carbons (Fsp3) is 0.429. The Hall–Kier alpha value is -0.710. The molecule has 0 N–H and O–H groups in total. The molecule has 1 aromatic rings. The third-order valence-corrected chi connectivity index (χ3v) is 4.76. The van der Waals surface area contributed by atoms with Crippen LogP contribution < -0.4 is 0 Å². The number of nitrogens with zero attached hydrogens (tertiary/aromatic N) is 1. The van der Waals surface area contributed by atoms with E-state index in [0.29, 0.717) is 36.0 Å². The molecule has 2 rings (SSSR count). The lowest BCUT2D eigenvalue weighted by molar-refractivity contribution is -0.127. The van der Waals surface area contributed by atoms with Gasteiger partial charge in [-0.2, -0.15) is 0 Å². The number of thioether (sulfide) groups is 1. The van der Waals surface area contributed by atoms with Crippen molar-refractivity contribution < 1.29 is 9.59 Å². The van der Waals surface area contributed by atoms with Crippen LogP contribution in [-0.4, -0.2) is 34.3 Å². The number of amides is 1. The van der Waals surface area contributed by atoms with Crippen molar-refractivity contribution in [3.05, 3.63) is 33.8 Å². The van der Waals surface area contributed by atoms with Gasteiger partial charge in [-0.1, -0.05) is 35.0 Å². The van der Waals surface area contributed by atoms with Gasteiger partial charge in [0, 0.05) is 41.7 Å². The third-order valence-electron chi connectivity index (χ3n) is 3.17. The van der Waals surface area contributed by atoms with Crippen molar-refractivity contribution in [2.24, 2.45) is 0 Å². The molecule has 0 saturated carbocycles. The fourth-order valence-corrected chi connectivity index (χ4v) is 3.61. The lowest BCUT2D eigenvalue weighted by atomic mass is 10.1. The smallest absolute Gasteiger partial charge is 0.223 e. The summed E-state index contributed by atoms with van der Waals surface area (Å²) < 4.78 is 0.